The van der Waals surface area contributed by atoms with E-state index in [9.17, 15) is 0 Å². The molecule has 5 aromatic carbocycles. The quantitative estimate of drug-likeness (QED) is 0.137. The minimum absolute atomic E-state index is 1.30. The standard InChI is InChI=1S/C12H16.C11H14.C10H12.C9H10.C8H8.5C2H6/c1-2-4-8-12-10-6-5-9-11(12)7-3-1;1-2-6-10-8-4-5-9-11(10)7-3-1;1-2-6-10-8-4-3-7-9(10)5-1;1-2-5-9-7-3-6-8(9)4-1;1-2-4-8-6-5-7(8)3-1;5*1-2/h5-6,9-10H,1-4,7-8H2;4-5,8-9H,1-3,6-7H2;1-2,5-6H,3-4,7-8H2;1-2,4-5H,3,6-7H2;1-4H,5-6H2;5*1-2H3. The van der Waals surface area contributed by atoms with Gasteiger partial charge in [0.05, 0.1) is 0 Å². The van der Waals surface area contributed by atoms with E-state index in [0.29, 0.717) is 0 Å². The average molecular weight is 811 g/mol. The first-order chi connectivity index (χ1) is 29.8. The Morgan fingerprint density at radius 2 is 0.300 bits per heavy atom. The van der Waals surface area contributed by atoms with Gasteiger partial charge < -0.3 is 0 Å². The summed E-state index contributed by atoms with van der Waals surface area (Å²) in [6.07, 6.45) is 27.0. The maximum absolute atomic E-state index is 2.29. The molecule has 0 nitrogen and oxygen atoms in total. The van der Waals surface area contributed by atoms with Gasteiger partial charge in [-0.25, -0.2) is 0 Å². The van der Waals surface area contributed by atoms with Crippen LogP contribution in [0.25, 0.3) is 0 Å². The van der Waals surface area contributed by atoms with Crippen LogP contribution in [0.15, 0.2) is 121 Å². The molecule has 0 heteroatoms. The summed E-state index contributed by atoms with van der Waals surface area (Å²) in [4.78, 5) is 0. The number of hydrogen-bond donors (Lipinski definition) is 0. The number of aryl methyl sites for hydroxylation is 10. The number of rotatable bonds is 0. The Morgan fingerprint density at radius 1 is 0.167 bits per heavy atom. The molecular weight excluding hydrogens is 721 g/mol. The van der Waals surface area contributed by atoms with Gasteiger partial charge in [-0.05, 0) is 165 Å². The number of fused-ring (bicyclic) bond motifs is 5. The van der Waals surface area contributed by atoms with E-state index in [2.05, 4.69) is 121 Å². The first-order valence-corrected chi connectivity index (χ1v) is 25.2. The van der Waals surface area contributed by atoms with E-state index < -0.39 is 0 Å². The Hall–Kier alpha value is -3.90. The summed E-state index contributed by atoms with van der Waals surface area (Å²) in [6.45, 7) is 20.0. The van der Waals surface area contributed by atoms with Gasteiger partial charge in [-0.15, -0.1) is 0 Å². The van der Waals surface area contributed by atoms with E-state index in [1.54, 1.807) is 55.6 Å². The summed E-state index contributed by atoms with van der Waals surface area (Å²) in [7, 11) is 0. The van der Waals surface area contributed by atoms with Crippen LogP contribution < -0.4 is 0 Å². The van der Waals surface area contributed by atoms with Crippen LogP contribution in [-0.2, 0) is 64.2 Å². The Balaban J connectivity index is 0.000000357. The Kier molecular flexibility index (Phi) is 33.3. The number of hydrogen-bond acceptors (Lipinski definition) is 0. The van der Waals surface area contributed by atoms with Crippen molar-refractivity contribution in [3.05, 3.63) is 177 Å². The van der Waals surface area contributed by atoms with Crippen molar-refractivity contribution in [3.63, 3.8) is 0 Å². The third kappa shape index (κ3) is 20.6. The lowest BCUT2D eigenvalue weighted by molar-refractivity contribution is 0.617. The molecule has 60 heavy (non-hydrogen) atoms. The van der Waals surface area contributed by atoms with Crippen molar-refractivity contribution in [3.8, 4) is 0 Å². The Morgan fingerprint density at radius 3 is 0.467 bits per heavy atom. The van der Waals surface area contributed by atoms with Gasteiger partial charge in [0.25, 0.3) is 0 Å². The lowest BCUT2D eigenvalue weighted by atomic mass is 9.89. The molecule has 0 bridgehead atoms. The molecule has 10 rings (SSSR count). The van der Waals surface area contributed by atoms with Crippen LogP contribution >= 0.6 is 0 Å². The predicted octanol–water partition coefficient (Wildman–Crippen LogP) is 18.0. The van der Waals surface area contributed by atoms with Gasteiger partial charge in [0.1, 0.15) is 0 Å². The van der Waals surface area contributed by atoms with Crippen LogP contribution in [-0.4, -0.2) is 0 Å². The second-order valence-electron chi connectivity index (χ2n) is 14.9. The molecule has 0 fully saturated rings. The van der Waals surface area contributed by atoms with Crippen molar-refractivity contribution >= 4 is 0 Å². The monoisotopic (exact) mass is 811 g/mol. The summed E-state index contributed by atoms with van der Waals surface area (Å²) >= 11 is 0. The molecule has 0 atom stereocenters. The molecule has 0 saturated heterocycles. The average Bonchev–Trinajstić information content (AvgIpc) is 3.68. The van der Waals surface area contributed by atoms with Crippen LogP contribution in [0.3, 0.4) is 0 Å². The lowest BCUT2D eigenvalue weighted by Crippen LogP contribution is -2.06. The maximum Gasteiger partial charge on any atom is -0.0235 e. The van der Waals surface area contributed by atoms with Gasteiger partial charge in [0, 0.05) is 0 Å². The highest BCUT2D eigenvalue weighted by Crippen LogP contribution is 2.23. The van der Waals surface area contributed by atoms with Crippen LogP contribution in [0.2, 0.25) is 0 Å². The van der Waals surface area contributed by atoms with Gasteiger partial charge >= 0.3 is 0 Å². The van der Waals surface area contributed by atoms with E-state index in [1.165, 1.54) is 128 Å². The van der Waals surface area contributed by atoms with Crippen molar-refractivity contribution in [2.24, 2.45) is 0 Å². The minimum atomic E-state index is 1.30. The third-order valence-corrected chi connectivity index (χ3v) is 11.3. The second-order valence-corrected chi connectivity index (χ2v) is 14.9. The van der Waals surface area contributed by atoms with Crippen molar-refractivity contribution in [2.45, 2.75) is 198 Å². The number of benzene rings is 5. The predicted molar refractivity (Wildman–Crippen MR) is 272 cm³/mol. The van der Waals surface area contributed by atoms with Crippen LogP contribution in [0, 0.1) is 0 Å². The van der Waals surface area contributed by atoms with Crippen molar-refractivity contribution in [1.82, 2.24) is 0 Å². The second kappa shape index (κ2) is 36.9. The highest BCUT2D eigenvalue weighted by molar-refractivity contribution is 5.35. The molecule has 0 aromatic heterocycles. The van der Waals surface area contributed by atoms with Crippen molar-refractivity contribution in [1.29, 1.82) is 0 Å². The highest BCUT2D eigenvalue weighted by Gasteiger charge is 2.10. The van der Waals surface area contributed by atoms with Crippen LogP contribution in [0.4, 0.5) is 0 Å². The van der Waals surface area contributed by atoms with E-state index in [-0.39, 0.29) is 0 Å². The van der Waals surface area contributed by atoms with Gasteiger partial charge in [-0.1, -0.05) is 210 Å². The van der Waals surface area contributed by atoms with E-state index in [1.807, 2.05) is 69.2 Å². The summed E-state index contributed by atoms with van der Waals surface area (Å²) in [6, 6.07) is 44.0. The molecular formula is C60H90. The fourth-order valence-corrected chi connectivity index (χ4v) is 8.21. The minimum Gasteiger partial charge on any atom is -0.0683 e. The first kappa shape index (κ1) is 54.1. The van der Waals surface area contributed by atoms with Gasteiger partial charge in [-0.2, -0.15) is 0 Å². The molecule has 5 aliphatic carbocycles. The Bertz CT molecular complexity index is 1600. The summed E-state index contributed by atoms with van der Waals surface area (Å²) < 4.78 is 0. The lowest BCUT2D eigenvalue weighted by Gasteiger charge is -2.16. The zero-order valence-corrected chi connectivity index (χ0v) is 40.7. The smallest absolute Gasteiger partial charge is 0.0235 e. The zero-order chi connectivity index (χ0) is 44.1. The molecule has 0 N–H and O–H groups in total. The van der Waals surface area contributed by atoms with Gasteiger partial charge in [0.2, 0.25) is 0 Å². The molecule has 0 unspecified atom stereocenters. The zero-order valence-electron chi connectivity index (χ0n) is 40.7. The van der Waals surface area contributed by atoms with Crippen LogP contribution in [0.5, 0.6) is 0 Å². The molecule has 5 aliphatic rings. The molecule has 5 aromatic rings. The van der Waals surface area contributed by atoms with Gasteiger partial charge in [-0.3, -0.25) is 0 Å². The molecule has 0 amide bonds. The Labute approximate surface area is 373 Å². The molecule has 330 valence electrons. The van der Waals surface area contributed by atoms with E-state index >= 15 is 0 Å². The third-order valence-electron chi connectivity index (χ3n) is 11.3. The topological polar surface area (TPSA) is 0 Å². The van der Waals surface area contributed by atoms with E-state index in [4.69, 9.17) is 0 Å². The van der Waals surface area contributed by atoms with Gasteiger partial charge in [0.15, 0.2) is 0 Å². The molecule has 0 heterocycles. The summed E-state index contributed by atoms with van der Waals surface area (Å²) in [5, 5.41) is 0. The SMILES string of the molecule is CC.CC.CC.CC.CC.c1ccc2c(c1)CC2.c1ccc2c(c1)CCC2.c1ccc2c(c1)CCCC2.c1ccc2c(c1)CCCCC2.c1ccc2c(c1)CCCCCC2. The highest BCUT2D eigenvalue weighted by atomic mass is 14.2. The summed E-state index contributed by atoms with van der Waals surface area (Å²) in [5.41, 5.74) is 15.8. The van der Waals surface area contributed by atoms with Crippen molar-refractivity contribution in [2.75, 3.05) is 0 Å². The largest absolute Gasteiger partial charge is 0.0683 e. The molecule has 0 aliphatic heterocycles. The summed E-state index contributed by atoms with van der Waals surface area (Å²) in [5.74, 6) is 0. The fourth-order valence-electron chi connectivity index (χ4n) is 8.21. The van der Waals surface area contributed by atoms with Crippen molar-refractivity contribution < 1.29 is 0 Å². The van der Waals surface area contributed by atoms with Crippen LogP contribution in [0.1, 0.15) is 189 Å². The first-order valence-electron chi connectivity index (χ1n) is 25.2. The maximum atomic E-state index is 2.29. The fraction of sp³-hybridized carbons (Fsp3) is 0.500. The normalized spacial score (nSPS) is 14.2. The molecule has 0 spiro atoms. The molecule has 0 radical (unpaired) electrons. The molecule has 0 saturated carbocycles. The van der Waals surface area contributed by atoms with E-state index in [0.717, 1.165) is 0 Å².